The van der Waals surface area contributed by atoms with Crippen molar-refractivity contribution in [2.75, 3.05) is 5.32 Å². The van der Waals surface area contributed by atoms with Crippen molar-refractivity contribution in [2.24, 2.45) is 10.2 Å². The van der Waals surface area contributed by atoms with Gasteiger partial charge in [-0.15, -0.1) is 0 Å². The Labute approximate surface area is 230 Å². The lowest BCUT2D eigenvalue weighted by atomic mass is 10.2. The fourth-order valence-electron chi connectivity index (χ4n) is 3.48. The molecule has 14 heteroatoms. The van der Waals surface area contributed by atoms with Gasteiger partial charge in [0.25, 0.3) is 15.8 Å². The van der Waals surface area contributed by atoms with Gasteiger partial charge in [0.05, 0.1) is 16.3 Å². The van der Waals surface area contributed by atoms with E-state index in [1.807, 2.05) is 6.92 Å². The van der Waals surface area contributed by atoms with Crippen LogP contribution in [0.1, 0.15) is 11.1 Å². The predicted octanol–water partition coefficient (Wildman–Crippen LogP) is 6.39. The van der Waals surface area contributed by atoms with E-state index in [0.29, 0.717) is 22.6 Å². The van der Waals surface area contributed by atoms with E-state index in [-0.39, 0.29) is 16.3 Å². The number of aryl methyl sites for hydroxylation is 2. The standard InChI is InChI=1S/C26H22N4O8S2/c1-17-3-10-22(11-4-17)40(36,37)38-21-9-13-24(18(2)15-21)29-28-20-7-5-19(6-8-20)27-25-14-12-23(39(33,34)35)16-26(25)30(31)32/h3-16,27H,1-2H3,(H,33,34,35). The second-order valence-electron chi connectivity index (χ2n) is 8.58. The van der Waals surface area contributed by atoms with Crippen molar-refractivity contribution in [2.45, 2.75) is 23.6 Å². The van der Waals surface area contributed by atoms with Crippen LogP contribution in [-0.2, 0) is 20.2 Å². The van der Waals surface area contributed by atoms with Crippen LogP contribution in [0.15, 0.2) is 105 Å². The van der Waals surface area contributed by atoms with Crippen molar-refractivity contribution in [3.05, 3.63) is 106 Å². The quantitative estimate of drug-likeness (QED) is 0.0744. The average Bonchev–Trinajstić information content (AvgIpc) is 2.88. The van der Waals surface area contributed by atoms with E-state index in [1.165, 1.54) is 30.3 Å². The molecule has 4 rings (SSSR count). The van der Waals surface area contributed by atoms with Gasteiger partial charge in [-0.2, -0.15) is 27.1 Å². The molecule has 0 aliphatic heterocycles. The van der Waals surface area contributed by atoms with Crippen LogP contribution in [-0.4, -0.2) is 26.3 Å². The summed E-state index contributed by atoms with van der Waals surface area (Å²) < 4.78 is 62.0. The van der Waals surface area contributed by atoms with Gasteiger partial charge in [-0.1, -0.05) is 17.7 Å². The molecule has 0 aliphatic carbocycles. The molecule has 2 N–H and O–H groups in total. The van der Waals surface area contributed by atoms with Gasteiger partial charge in [-0.05, 0) is 86.1 Å². The number of hydrogen-bond donors (Lipinski definition) is 2. The summed E-state index contributed by atoms with van der Waals surface area (Å²) in [5.74, 6) is 0.131. The Balaban J connectivity index is 1.46. The molecule has 0 spiro atoms. The Kier molecular flexibility index (Phi) is 7.95. The average molecular weight is 583 g/mol. The maximum atomic E-state index is 12.5. The van der Waals surface area contributed by atoms with E-state index < -0.39 is 35.7 Å². The summed E-state index contributed by atoms with van der Waals surface area (Å²) in [4.78, 5) is 10.1. The van der Waals surface area contributed by atoms with Crippen LogP contribution in [0.2, 0.25) is 0 Å². The van der Waals surface area contributed by atoms with E-state index in [9.17, 15) is 26.9 Å². The molecule has 0 aliphatic rings. The van der Waals surface area contributed by atoms with Crippen LogP contribution in [0.3, 0.4) is 0 Å². The summed E-state index contributed by atoms with van der Waals surface area (Å²) in [7, 11) is -8.59. The molecule has 0 heterocycles. The smallest absolute Gasteiger partial charge is 0.339 e. The molecule has 0 fully saturated rings. The summed E-state index contributed by atoms with van der Waals surface area (Å²) in [6.45, 7) is 3.58. The number of nitro benzene ring substituents is 1. The fraction of sp³-hybridized carbons (Fsp3) is 0.0769. The van der Waals surface area contributed by atoms with Gasteiger partial charge in [-0.25, -0.2) is 0 Å². The number of nitrogens with one attached hydrogen (secondary N) is 1. The number of nitro groups is 1. The minimum atomic E-state index is -4.60. The topological polar surface area (TPSA) is 178 Å². The van der Waals surface area contributed by atoms with Crippen molar-refractivity contribution in [1.29, 1.82) is 0 Å². The zero-order valence-corrected chi connectivity index (χ0v) is 22.7. The van der Waals surface area contributed by atoms with Crippen LogP contribution in [0, 0.1) is 24.0 Å². The first kappa shape index (κ1) is 28.4. The summed E-state index contributed by atoms with van der Waals surface area (Å²) in [6, 6.07) is 20.3. The number of anilines is 2. The number of azo groups is 1. The maximum absolute atomic E-state index is 12.5. The zero-order chi connectivity index (χ0) is 29.1. The molecule has 0 atom stereocenters. The highest BCUT2D eigenvalue weighted by Crippen LogP contribution is 2.32. The summed E-state index contributed by atoms with van der Waals surface area (Å²) in [6.07, 6.45) is 0. The van der Waals surface area contributed by atoms with Crippen molar-refractivity contribution >= 4 is 48.7 Å². The molecule has 0 radical (unpaired) electrons. The Morgan fingerprint density at radius 1 is 0.825 bits per heavy atom. The first-order chi connectivity index (χ1) is 18.8. The molecule has 0 bridgehead atoms. The molecule has 0 amide bonds. The van der Waals surface area contributed by atoms with Gasteiger partial charge >= 0.3 is 10.1 Å². The Morgan fingerprint density at radius 2 is 1.48 bits per heavy atom. The van der Waals surface area contributed by atoms with Crippen molar-refractivity contribution < 1.29 is 30.5 Å². The lowest BCUT2D eigenvalue weighted by Crippen LogP contribution is -2.09. The minimum absolute atomic E-state index is 0.0223. The zero-order valence-electron chi connectivity index (χ0n) is 21.0. The van der Waals surface area contributed by atoms with E-state index >= 15 is 0 Å². The highest BCUT2D eigenvalue weighted by molar-refractivity contribution is 7.87. The Bertz CT molecular complexity index is 1820. The largest absolute Gasteiger partial charge is 0.379 e. The lowest BCUT2D eigenvalue weighted by molar-refractivity contribution is -0.384. The van der Waals surface area contributed by atoms with E-state index in [4.69, 9.17) is 8.74 Å². The third-order valence-electron chi connectivity index (χ3n) is 5.57. The monoisotopic (exact) mass is 582 g/mol. The van der Waals surface area contributed by atoms with Crippen LogP contribution < -0.4 is 9.50 Å². The maximum Gasteiger partial charge on any atom is 0.339 e. The third-order valence-corrected chi connectivity index (χ3v) is 7.68. The highest BCUT2D eigenvalue weighted by atomic mass is 32.2. The van der Waals surface area contributed by atoms with Gasteiger partial charge in [0.15, 0.2) is 0 Å². The van der Waals surface area contributed by atoms with Crippen molar-refractivity contribution in [1.82, 2.24) is 0 Å². The number of hydrogen-bond acceptors (Lipinski definition) is 10. The van der Waals surface area contributed by atoms with Crippen molar-refractivity contribution in [3.8, 4) is 5.75 Å². The fourth-order valence-corrected chi connectivity index (χ4v) is 4.90. The van der Waals surface area contributed by atoms with Gasteiger partial charge < -0.3 is 9.50 Å². The normalized spacial score (nSPS) is 11.9. The predicted molar refractivity (Wildman–Crippen MR) is 147 cm³/mol. The molecule has 4 aromatic carbocycles. The highest BCUT2D eigenvalue weighted by Gasteiger charge is 2.20. The number of nitrogens with zero attached hydrogens (tertiary/aromatic N) is 3. The Hall–Kier alpha value is -4.66. The molecule has 0 unspecified atom stereocenters. The summed E-state index contributed by atoms with van der Waals surface area (Å²) in [5.41, 5.74) is 2.43. The van der Waals surface area contributed by atoms with Crippen LogP contribution in [0.25, 0.3) is 0 Å². The van der Waals surface area contributed by atoms with E-state index in [1.54, 1.807) is 49.4 Å². The van der Waals surface area contributed by atoms with Gasteiger partial charge in [0, 0.05) is 11.8 Å². The molecular formula is C26H22N4O8S2. The molecule has 12 nitrogen and oxygen atoms in total. The van der Waals surface area contributed by atoms with E-state index in [2.05, 4.69) is 15.5 Å². The first-order valence-electron chi connectivity index (χ1n) is 11.5. The first-order valence-corrected chi connectivity index (χ1v) is 14.3. The molecule has 0 saturated heterocycles. The van der Waals surface area contributed by atoms with Gasteiger partial charge in [0.2, 0.25) is 0 Å². The van der Waals surface area contributed by atoms with Crippen molar-refractivity contribution in [3.63, 3.8) is 0 Å². The molecule has 0 saturated carbocycles. The number of rotatable bonds is 9. The van der Waals surface area contributed by atoms with Crippen LogP contribution in [0.5, 0.6) is 5.75 Å². The second-order valence-corrected chi connectivity index (χ2v) is 11.5. The molecule has 40 heavy (non-hydrogen) atoms. The van der Waals surface area contributed by atoms with Crippen LogP contribution >= 0.6 is 0 Å². The lowest BCUT2D eigenvalue weighted by Gasteiger charge is -2.09. The molecular weight excluding hydrogens is 560 g/mol. The van der Waals surface area contributed by atoms with Gasteiger partial charge in [-0.3, -0.25) is 14.7 Å². The second kappa shape index (κ2) is 11.2. The molecule has 0 aromatic heterocycles. The Morgan fingerprint density at radius 3 is 2.08 bits per heavy atom. The number of benzene rings is 4. The molecule has 206 valence electrons. The SMILES string of the molecule is Cc1ccc(S(=O)(=O)Oc2ccc(N=Nc3ccc(Nc4ccc(S(=O)(=O)O)cc4[N+](=O)[O-])cc3)c(C)c2)cc1. The third kappa shape index (κ3) is 6.85. The molecule has 4 aromatic rings. The summed E-state index contributed by atoms with van der Waals surface area (Å²) in [5, 5.41) is 22.6. The van der Waals surface area contributed by atoms with E-state index in [0.717, 1.165) is 17.7 Å². The van der Waals surface area contributed by atoms with Gasteiger partial charge in [0.1, 0.15) is 21.2 Å². The van der Waals surface area contributed by atoms with Crippen LogP contribution in [0.4, 0.5) is 28.4 Å². The minimum Gasteiger partial charge on any atom is -0.379 e. The summed E-state index contributed by atoms with van der Waals surface area (Å²) >= 11 is 0.